The second-order valence-electron chi connectivity index (χ2n) is 4.73. The Morgan fingerprint density at radius 2 is 2.29 bits per heavy atom. The third-order valence-corrected chi connectivity index (χ3v) is 2.73. The van der Waals surface area contributed by atoms with Gasteiger partial charge in [-0.05, 0) is 19.4 Å². The molecule has 2 N–H and O–H groups in total. The second-order valence-corrected chi connectivity index (χ2v) is 4.73. The molecule has 1 aliphatic heterocycles. The van der Waals surface area contributed by atoms with Crippen molar-refractivity contribution in [2.45, 2.75) is 39.2 Å². The Kier molecular flexibility index (Phi) is 5.97. The maximum Gasteiger partial charge on any atom is 0.239 e. The summed E-state index contributed by atoms with van der Waals surface area (Å²) in [5.74, 6) is 0.0451. The molecule has 5 heteroatoms. The molecule has 0 aromatic rings. The summed E-state index contributed by atoms with van der Waals surface area (Å²) in [7, 11) is 0. The minimum absolute atomic E-state index is 0.0452. The van der Waals surface area contributed by atoms with Gasteiger partial charge in [-0.15, -0.1) is 0 Å². The fraction of sp³-hybridized carbons (Fsp3) is 0.833. The van der Waals surface area contributed by atoms with Gasteiger partial charge in [0.05, 0.1) is 6.54 Å². The van der Waals surface area contributed by atoms with Crippen molar-refractivity contribution in [3.63, 3.8) is 0 Å². The lowest BCUT2D eigenvalue weighted by molar-refractivity contribution is -0.135. The molecule has 1 rings (SSSR count). The molecule has 0 aliphatic carbocycles. The van der Waals surface area contributed by atoms with E-state index in [-0.39, 0.29) is 18.4 Å². The maximum absolute atomic E-state index is 11.9. The van der Waals surface area contributed by atoms with E-state index in [1.807, 2.05) is 0 Å². The van der Waals surface area contributed by atoms with Crippen molar-refractivity contribution in [3.05, 3.63) is 0 Å². The summed E-state index contributed by atoms with van der Waals surface area (Å²) in [5, 5.41) is 6.04. The van der Waals surface area contributed by atoms with Crippen LogP contribution >= 0.6 is 0 Å². The van der Waals surface area contributed by atoms with Gasteiger partial charge < -0.3 is 15.5 Å². The van der Waals surface area contributed by atoms with Gasteiger partial charge in [-0.3, -0.25) is 9.59 Å². The zero-order valence-electron chi connectivity index (χ0n) is 10.8. The molecule has 0 atom stereocenters. The van der Waals surface area contributed by atoms with Gasteiger partial charge in [0, 0.05) is 25.6 Å². The number of rotatable bonds is 5. The van der Waals surface area contributed by atoms with Crippen LogP contribution in [0.4, 0.5) is 0 Å². The summed E-state index contributed by atoms with van der Waals surface area (Å²) in [4.78, 5) is 24.8. The predicted octanol–water partition coefficient (Wildman–Crippen LogP) is 0.113. The predicted molar refractivity (Wildman–Crippen MR) is 66.6 cm³/mol. The summed E-state index contributed by atoms with van der Waals surface area (Å²) in [5.41, 5.74) is 0. The zero-order valence-corrected chi connectivity index (χ0v) is 10.8. The lowest BCUT2D eigenvalue weighted by atomic mass is 10.2. The second kappa shape index (κ2) is 7.27. The highest BCUT2D eigenvalue weighted by Gasteiger charge is 2.18. The van der Waals surface area contributed by atoms with Gasteiger partial charge in [-0.2, -0.15) is 0 Å². The van der Waals surface area contributed by atoms with Gasteiger partial charge in [0.25, 0.3) is 0 Å². The van der Waals surface area contributed by atoms with E-state index in [0.29, 0.717) is 25.6 Å². The highest BCUT2D eigenvalue weighted by Crippen LogP contribution is 2.01. The normalized spacial score (nSPS) is 16.9. The van der Waals surface area contributed by atoms with Crippen LogP contribution in [0, 0.1) is 0 Å². The molecule has 0 bridgehead atoms. The van der Waals surface area contributed by atoms with Gasteiger partial charge in [-0.1, -0.05) is 13.8 Å². The molecule has 0 spiro atoms. The van der Waals surface area contributed by atoms with Crippen LogP contribution in [0.2, 0.25) is 0 Å². The summed E-state index contributed by atoms with van der Waals surface area (Å²) >= 11 is 0. The summed E-state index contributed by atoms with van der Waals surface area (Å²) in [6.45, 7) is 6.61. The lowest BCUT2D eigenvalue weighted by Gasteiger charge is -2.19. The summed E-state index contributed by atoms with van der Waals surface area (Å²) in [6.07, 6.45) is 2.20. The Bertz CT molecular complexity index is 266. The van der Waals surface area contributed by atoms with E-state index < -0.39 is 0 Å². The molecular weight excluding hydrogens is 218 g/mol. The van der Waals surface area contributed by atoms with Crippen LogP contribution in [-0.4, -0.2) is 48.9 Å². The van der Waals surface area contributed by atoms with E-state index in [0.717, 1.165) is 19.4 Å². The van der Waals surface area contributed by atoms with Crippen molar-refractivity contribution >= 4 is 11.8 Å². The first-order valence-corrected chi connectivity index (χ1v) is 6.37. The van der Waals surface area contributed by atoms with Crippen molar-refractivity contribution in [1.29, 1.82) is 0 Å². The molecule has 1 fully saturated rings. The average Bonchev–Trinajstić information content (AvgIpc) is 2.48. The molecule has 0 saturated carbocycles. The molecule has 0 aromatic heterocycles. The molecule has 1 heterocycles. The van der Waals surface area contributed by atoms with E-state index >= 15 is 0 Å². The van der Waals surface area contributed by atoms with Gasteiger partial charge in [-0.25, -0.2) is 0 Å². The van der Waals surface area contributed by atoms with E-state index in [9.17, 15) is 9.59 Å². The third-order valence-electron chi connectivity index (χ3n) is 2.73. The van der Waals surface area contributed by atoms with Crippen molar-refractivity contribution in [1.82, 2.24) is 15.5 Å². The molecular formula is C12H23N3O2. The molecule has 0 radical (unpaired) electrons. The Morgan fingerprint density at radius 3 is 3.00 bits per heavy atom. The largest absolute Gasteiger partial charge is 0.354 e. The van der Waals surface area contributed by atoms with Crippen molar-refractivity contribution in [3.8, 4) is 0 Å². The Morgan fingerprint density at radius 1 is 1.53 bits per heavy atom. The molecule has 5 nitrogen and oxygen atoms in total. The number of carbonyl (C=O) groups excluding carboxylic acids is 2. The minimum Gasteiger partial charge on any atom is -0.354 e. The van der Waals surface area contributed by atoms with Crippen LogP contribution < -0.4 is 10.6 Å². The Labute approximate surface area is 103 Å². The SMILES string of the molecule is CC(C)NCCCC(=O)N1CCCNC(=O)C1. The van der Waals surface area contributed by atoms with Gasteiger partial charge in [0.15, 0.2) is 0 Å². The first-order chi connectivity index (χ1) is 8.09. The summed E-state index contributed by atoms with van der Waals surface area (Å²) in [6, 6.07) is 0.453. The summed E-state index contributed by atoms with van der Waals surface area (Å²) < 4.78 is 0. The zero-order chi connectivity index (χ0) is 12.7. The van der Waals surface area contributed by atoms with E-state index in [4.69, 9.17) is 0 Å². The first kappa shape index (κ1) is 14.0. The fourth-order valence-corrected chi connectivity index (χ4v) is 1.81. The van der Waals surface area contributed by atoms with Crippen LogP contribution in [0.5, 0.6) is 0 Å². The van der Waals surface area contributed by atoms with Crippen molar-refractivity contribution in [2.24, 2.45) is 0 Å². The van der Waals surface area contributed by atoms with Crippen LogP contribution in [0.25, 0.3) is 0 Å². The molecule has 98 valence electrons. The monoisotopic (exact) mass is 241 g/mol. The molecule has 0 aromatic carbocycles. The quantitative estimate of drug-likeness (QED) is 0.672. The third kappa shape index (κ3) is 5.68. The molecule has 17 heavy (non-hydrogen) atoms. The number of carbonyl (C=O) groups is 2. The highest BCUT2D eigenvalue weighted by atomic mass is 16.2. The number of nitrogens with one attached hydrogen (secondary N) is 2. The van der Waals surface area contributed by atoms with E-state index in [1.165, 1.54) is 0 Å². The van der Waals surface area contributed by atoms with Crippen molar-refractivity contribution in [2.75, 3.05) is 26.2 Å². The lowest BCUT2D eigenvalue weighted by Crippen LogP contribution is -2.37. The first-order valence-electron chi connectivity index (χ1n) is 6.37. The standard InChI is InChI=1S/C12H23N3O2/c1-10(2)13-6-3-5-12(17)15-8-4-7-14-11(16)9-15/h10,13H,3-9H2,1-2H3,(H,14,16). The molecule has 0 unspecified atom stereocenters. The van der Waals surface area contributed by atoms with Gasteiger partial charge >= 0.3 is 0 Å². The maximum atomic E-state index is 11.9. The Hall–Kier alpha value is -1.10. The Balaban J connectivity index is 2.23. The molecule has 2 amide bonds. The van der Waals surface area contributed by atoms with E-state index in [1.54, 1.807) is 4.90 Å². The number of hydrogen-bond donors (Lipinski definition) is 2. The van der Waals surface area contributed by atoms with Crippen LogP contribution in [-0.2, 0) is 9.59 Å². The van der Waals surface area contributed by atoms with Gasteiger partial charge in [0.2, 0.25) is 11.8 Å². The molecule has 1 aliphatic rings. The fourth-order valence-electron chi connectivity index (χ4n) is 1.81. The van der Waals surface area contributed by atoms with Crippen LogP contribution in [0.15, 0.2) is 0 Å². The van der Waals surface area contributed by atoms with Gasteiger partial charge in [0.1, 0.15) is 0 Å². The number of amides is 2. The van der Waals surface area contributed by atoms with Crippen LogP contribution in [0.1, 0.15) is 33.1 Å². The smallest absolute Gasteiger partial charge is 0.239 e. The average molecular weight is 241 g/mol. The number of nitrogens with zero attached hydrogens (tertiary/aromatic N) is 1. The minimum atomic E-state index is -0.0452. The highest BCUT2D eigenvalue weighted by molar-refractivity contribution is 5.85. The van der Waals surface area contributed by atoms with Crippen molar-refractivity contribution < 1.29 is 9.59 Å². The topological polar surface area (TPSA) is 61.4 Å². The van der Waals surface area contributed by atoms with E-state index in [2.05, 4.69) is 24.5 Å². The van der Waals surface area contributed by atoms with Crippen LogP contribution in [0.3, 0.4) is 0 Å². The number of hydrogen-bond acceptors (Lipinski definition) is 3. The molecule has 1 saturated heterocycles.